The van der Waals surface area contributed by atoms with Gasteiger partial charge in [-0.2, -0.15) is 5.26 Å². The highest BCUT2D eigenvalue weighted by Crippen LogP contribution is 2.62. The van der Waals surface area contributed by atoms with E-state index >= 15 is 0 Å². The predicted octanol–water partition coefficient (Wildman–Crippen LogP) is 3.21. The zero-order valence-corrected chi connectivity index (χ0v) is 15.0. The lowest BCUT2D eigenvalue weighted by molar-refractivity contribution is -0.110. The summed E-state index contributed by atoms with van der Waals surface area (Å²) < 4.78 is 26.1. The SMILES string of the molecule is CCc1ccc([C@H]2[C@H](S(=O)(=O)c3ccc(C)cc3)[C@]2(C#N)C=O)cc1. The van der Waals surface area contributed by atoms with Gasteiger partial charge in [0.25, 0.3) is 0 Å². The fraction of sp³-hybridized carbons (Fsp3) is 0.300. The Hall–Kier alpha value is -2.45. The zero-order chi connectivity index (χ0) is 18.2. The molecule has 0 spiro atoms. The minimum atomic E-state index is -3.78. The van der Waals surface area contributed by atoms with Crippen molar-refractivity contribution in [3.05, 3.63) is 65.2 Å². The summed E-state index contributed by atoms with van der Waals surface area (Å²) in [5, 5.41) is 8.52. The summed E-state index contributed by atoms with van der Waals surface area (Å²) in [6.45, 7) is 3.90. The van der Waals surface area contributed by atoms with Crippen LogP contribution in [-0.4, -0.2) is 20.0 Å². The largest absolute Gasteiger partial charge is 0.302 e. The van der Waals surface area contributed by atoms with Gasteiger partial charge in [-0.25, -0.2) is 8.42 Å². The van der Waals surface area contributed by atoms with Gasteiger partial charge in [0.2, 0.25) is 0 Å². The van der Waals surface area contributed by atoms with Gasteiger partial charge in [0.15, 0.2) is 9.84 Å². The molecule has 1 fully saturated rings. The van der Waals surface area contributed by atoms with Gasteiger partial charge in [-0.05, 0) is 36.6 Å². The summed E-state index contributed by atoms with van der Waals surface area (Å²) in [5.41, 5.74) is 1.27. The van der Waals surface area contributed by atoms with Gasteiger partial charge in [0, 0.05) is 5.92 Å². The lowest BCUT2D eigenvalue weighted by Gasteiger charge is -2.05. The lowest BCUT2D eigenvalue weighted by Crippen LogP contribution is -2.16. The number of benzene rings is 2. The molecule has 1 saturated carbocycles. The summed E-state index contributed by atoms with van der Waals surface area (Å²) in [5.74, 6) is -0.632. The number of nitriles is 1. The summed E-state index contributed by atoms with van der Waals surface area (Å²) in [7, 11) is -3.78. The van der Waals surface area contributed by atoms with Crippen molar-refractivity contribution < 1.29 is 13.2 Å². The van der Waals surface area contributed by atoms with Crippen LogP contribution >= 0.6 is 0 Å². The van der Waals surface area contributed by atoms with E-state index in [1.165, 1.54) is 12.1 Å². The fourth-order valence-corrected chi connectivity index (χ4v) is 5.63. The quantitative estimate of drug-likeness (QED) is 0.774. The highest BCUT2D eigenvalue weighted by Gasteiger charge is 2.72. The van der Waals surface area contributed by atoms with E-state index < -0.39 is 26.4 Å². The smallest absolute Gasteiger partial charge is 0.183 e. The van der Waals surface area contributed by atoms with Gasteiger partial charge in [-0.15, -0.1) is 0 Å². The first-order valence-electron chi connectivity index (χ1n) is 8.17. The van der Waals surface area contributed by atoms with E-state index in [1.807, 2.05) is 44.2 Å². The van der Waals surface area contributed by atoms with Crippen LogP contribution < -0.4 is 0 Å². The van der Waals surface area contributed by atoms with Gasteiger partial charge in [-0.1, -0.05) is 48.9 Å². The highest BCUT2D eigenvalue weighted by molar-refractivity contribution is 7.92. The average Bonchev–Trinajstić information content (AvgIpc) is 3.33. The Morgan fingerprint density at radius 1 is 1.12 bits per heavy atom. The highest BCUT2D eigenvalue weighted by atomic mass is 32.2. The molecule has 128 valence electrons. The van der Waals surface area contributed by atoms with E-state index in [9.17, 15) is 18.5 Å². The Balaban J connectivity index is 2.05. The summed E-state index contributed by atoms with van der Waals surface area (Å²) in [6, 6.07) is 15.9. The number of hydrogen-bond acceptors (Lipinski definition) is 4. The minimum Gasteiger partial charge on any atom is -0.302 e. The van der Waals surface area contributed by atoms with Crippen LogP contribution in [0.5, 0.6) is 0 Å². The first-order valence-corrected chi connectivity index (χ1v) is 9.72. The Morgan fingerprint density at radius 3 is 2.20 bits per heavy atom. The van der Waals surface area contributed by atoms with Crippen molar-refractivity contribution in [2.45, 2.75) is 36.3 Å². The number of aldehydes is 1. The van der Waals surface area contributed by atoms with Crippen molar-refractivity contribution in [2.24, 2.45) is 5.41 Å². The Bertz CT molecular complexity index is 940. The molecule has 5 heteroatoms. The molecule has 0 N–H and O–H groups in total. The Kier molecular flexibility index (Phi) is 4.26. The second-order valence-electron chi connectivity index (χ2n) is 6.51. The third kappa shape index (κ3) is 2.67. The molecule has 0 amide bonds. The number of hydrogen-bond donors (Lipinski definition) is 0. The first kappa shape index (κ1) is 17.4. The van der Waals surface area contributed by atoms with Crippen molar-refractivity contribution >= 4 is 16.1 Å². The van der Waals surface area contributed by atoms with E-state index in [1.54, 1.807) is 12.1 Å². The van der Waals surface area contributed by atoms with E-state index in [-0.39, 0.29) is 4.90 Å². The van der Waals surface area contributed by atoms with E-state index in [0.717, 1.165) is 17.5 Å². The molecular formula is C20H19NO3S. The molecule has 0 heterocycles. The molecule has 0 saturated heterocycles. The molecular weight excluding hydrogens is 334 g/mol. The van der Waals surface area contributed by atoms with Crippen LogP contribution in [0.15, 0.2) is 53.4 Å². The third-order valence-electron chi connectivity index (χ3n) is 5.00. The normalized spacial score (nSPS) is 25.2. The van der Waals surface area contributed by atoms with Crippen molar-refractivity contribution in [2.75, 3.05) is 0 Å². The zero-order valence-electron chi connectivity index (χ0n) is 14.1. The van der Waals surface area contributed by atoms with Gasteiger partial charge >= 0.3 is 0 Å². The third-order valence-corrected chi connectivity index (χ3v) is 7.26. The topological polar surface area (TPSA) is 75.0 Å². The molecule has 0 aromatic heterocycles. The van der Waals surface area contributed by atoms with E-state index in [4.69, 9.17) is 0 Å². The molecule has 1 aliphatic carbocycles. The van der Waals surface area contributed by atoms with Crippen molar-refractivity contribution in [1.82, 2.24) is 0 Å². The maximum atomic E-state index is 13.0. The molecule has 25 heavy (non-hydrogen) atoms. The van der Waals surface area contributed by atoms with Gasteiger partial charge in [-0.3, -0.25) is 0 Å². The first-order chi connectivity index (χ1) is 11.9. The molecule has 0 radical (unpaired) electrons. The van der Waals surface area contributed by atoms with Crippen LogP contribution in [0.1, 0.15) is 29.5 Å². The summed E-state index contributed by atoms with van der Waals surface area (Å²) >= 11 is 0. The lowest BCUT2D eigenvalue weighted by atomic mass is 10.0. The average molecular weight is 353 g/mol. The minimum absolute atomic E-state index is 0.150. The molecule has 1 aliphatic rings. The second kappa shape index (κ2) is 6.12. The number of carbonyl (C=O) groups is 1. The van der Waals surface area contributed by atoms with Gasteiger partial charge in [0.05, 0.1) is 11.0 Å². The molecule has 0 bridgehead atoms. The molecule has 3 atom stereocenters. The van der Waals surface area contributed by atoms with Crippen LogP contribution in [-0.2, 0) is 21.1 Å². The van der Waals surface area contributed by atoms with E-state index in [0.29, 0.717) is 11.8 Å². The molecule has 0 unspecified atom stereocenters. The Morgan fingerprint density at radius 2 is 1.72 bits per heavy atom. The molecule has 4 nitrogen and oxygen atoms in total. The Labute approximate surface area is 148 Å². The predicted molar refractivity (Wildman–Crippen MR) is 94.8 cm³/mol. The van der Waals surface area contributed by atoms with Gasteiger partial charge in [0.1, 0.15) is 17.0 Å². The van der Waals surface area contributed by atoms with Crippen LogP contribution in [0, 0.1) is 23.7 Å². The molecule has 3 rings (SSSR count). The van der Waals surface area contributed by atoms with Crippen molar-refractivity contribution in [3.63, 3.8) is 0 Å². The van der Waals surface area contributed by atoms with Gasteiger partial charge < -0.3 is 4.79 Å². The maximum Gasteiger partial charge on any atom is 0.183 e. The van der Waals surface area contributed by atoms with E-state index in [2.05, 4.69) is 0 Å². The van der Waals surface area contributed by atoms with Crippen molar-refractivity contribution in [1.29, 1.82) is 5.26 Å². The van der Waals surface area contributed by atoms with Crippen LogP contribution in [0.3, 0.4) is 0 Å². The summed E-state index contributed by atoms with van der Waals surface area (Å²) in [4.78, 5) is 11.8. The van der Waals surface area contributed by atoms with Crippen LogP contribution in [0.2, 0.25) is 0 Å². The molecule has 0 aliphatic heterocycles. The van der Waals surface area contributed by atoms with Crippen molar-refractivity contribution in [3.8, 4) is 6.07 Å². The van der Waals surface area contributed by atoms with Crippen LogP contribution in [0.4, 0.5) is 0 Å². The number of nitrogens with zero attached hydrogens (tertiary/aromatic N) is 1. The monoisotopic (exact) mass is 353 g/mol. The number of rotatable bonds is 5. The van der Waals surface area contributed by atoms with Crippen LogP contribution in [0.25, 0.3) is 0 Å². The standard InChI is InChI=1S/C20H19NO3S/c1-3-15-6-8-16(9-7-15)18-19(20(18,12-21)13-22)25(23,24)17-10-4-14(2)5-11-17/h4-11,13,18-19H,3H2,1-2H3/t18-,19-,20+/m0/s1. The molecule has 2 aromatic carbocycles. The second-order valence-corrected chi connectivity index (χ2v) is 8.58. The number of aryl methyl sites for hydroxylation is 2. The fourth-order valence-electron chi connectivity index (χ4n) is 3.40. The molecule has 2 aromatic rings. The number of sulfone groups is 1. The summed E-state index contributed by atoms with van der Waals surface area (Å²) in [6.07, 6.45) is 1.37. The maximum absolute atomic E-state index is 13.0. The number of carbonyl (C=O) groups excluding carboxylic acids is 1.